The van der Waals surface area contributed by atoms with Crippen molar-refractivity contribution < 1.29 is 14.0 Å². The summed E-state index contributed by atoms with van der Waals surface area (Å²) >= 11 is 1.09. The number of thiazole rings is 1. The number of hydrogen-bond acceptors (Lipinski definition) is 4. The number of rotatable bonds is 5. The lowest BCUT2D eigenvalue weighted by Gasteiger charge is -2.05. The maximum atomic E-state index is 12.9. The largest absolute Gasteiger partial charge is 0.347 e. The van der Waals surface area contributed by atoms with Crippen molar-refractivity contribution in [2.45, 2.75) is 13.5 Å². The highest BCUT2D eigenvalue weighted by Crippen LogP contribution is 2.23. The quantitative estimate of drug-likeness (QED) is 0.617. The van der Waals surface area contributed by atoms with E-state index in [0.29, 0.717) is 27.9 Å². The summed E-state index contributed by atoms with van der Waals surface area (Å²) < 4.78 is 12.9. The molecule has 2 aromatic carbocycles. The minimum atomic E-state index is -0.522. The Morgan fingerprint density at radius 3 is 2.44 bits per heavy atom. The van der Waals surface area contributed by atoms with Gasteiger partial charge in [0, 0.05) is 12.2 Å². The molecule has 6 nitrogen and oxygen atoms in total. The maximum Gasteiger partial charge on any atom is 0.325 e. The highest BCUT2D eigenvalue weighted by atomic mass is 32.1. The van der Waals surface area contributed by atoms with Crippen LogP contribution in [0.3, 0.4) is 0 Å². The minimum Gasteiger partial charge on any atom is -0.347 e. The van der Waals surface area contributed by atoms with Gasteiger partial charge in [-0.15, -0.1) is 0 Å². The van der Waals surface area contributed by atoms with Gasteiger partial charge >= 0.3 is 6.03 Å². The fourth-order valence-corrected chi connectivity index (χ4v) is 3.19. The van der Waals surface area contributed by atoms with Crippen LogP contribution in [0.1, 0.15) is 20.9 Å². The van der Waals surface area contributed by atoms with Gasteiger partial charge in [0.2, 0.25) is 0 Å². The van der Waals surface area contributed by atoms with Crippen molar-refractivity contribution in [2.24, 2.45) is 0 Å². The predicted molar refractivity (Wildman–Crippen MR) is 104 cm³/mol. The number of nitrogens with zero attached hydrogens (tertiary/aromatic N) is 1. The molecule has 0 unspecified atom stereocenters. The third kappa shape index (κ3) is 5.11. The van der Waals surface area contributed by atoms with E-state index in [9.17, 15) is 14.0 Å². The Kier molecular flexibility index (Phi) is 5.77. The first kappa shape index (κ1) is 18.5. The standard InChI is InChI=1S/C19H17FN4O2S/c1-12-16(17(25)21-11-13-5-3-2-4-6-13)27-19(22-12)24-18(26)23-15-9-7-14(20)8-10-15/h2-10H,11H2,1H3,(H,21,25)(H2,22,23,24,26). The summed E-state index contributed by atoms with van der Waals surface area (Å²) in [5, 5.41) is 8.29. The summed E-state index contributed by atoms with van der Waals surface area (Å²) in [5.41, 5.74) is 1.97. The fourth-order valence-electron chi connectivity index (χ4n) is 2.31. The molecule has 3 amide bonds. The van der Waals surface area contributed by atoms with Gasteiger partial charge in [-0.1, -0.05) is 41.7 Å². The van der Waals surface area contributed by atoms with Crippen LogP contribution in [0.2, 0.25) is 0 Å². The van der Waals surface area contributed by atoms with E-state index in [0.717, 1.165) is 16.9 Å². The van der Waals surface area contributed by atoms with Gasteiger partial charge in [0.05, 0.1) is 5.69 Å². The number of urea groups is 1. The monoisotopic (exact) mass is 384 g/mol. The van der Waals surface area contributed by atoms with E-state index in [4.69, 9.17) is 0 Å². The van der Waals surface area contributed by atoms with Gasteiger partial charge in [-0.05, 0) is 36.8 Å². The Balaban J connectivity index is 1.59. The summed E-state index contributed by atoms with van der Waals surface area (Å²) in [6.45, 7) is 2.11. The Bertz CT molecular complexity index is 942. The summed E-state index contributed by atoms with van der Waals surface area (Å²) in [6, 6.07) is 14.4. The van der Waals surface area contributed by atoms with Gasteiger partial charge in [0.15, 0.2) is 5.13 Å². The zero-order valence-corrected chi connectivity index (χ0v) is 15.3. The van der Waals surface area contributed by atoms with E-state index in [1.165, 1.54) is 24.3 Å². The minimum absolute atomic E-state index is 0.249. The average molecular weight is 384 g/mol. The Labute approximate surface area is 159 Å². The molecule has 0 fully saturated rings. The van der Waals surface area contributed by atoms with Crippen LogP contribution < -0.4 is 16.0 Å². The normalized spacial score (nSPS) is 10.3. The second kappa shape index (κ2) is 8.41. The Morgan fingerprint density at radius 1 is 1.04 bits per heavy atom. The highest BCUT2D eigenvalue weighted by molar-refractivity contribution is 7.17. The second-order valence-electron chi connectivity index (χ2n) is 5.69. The van der Waals surface area contributed by atoms with Crippen molar-refractivity contribution in [3.05, 3.63) is 76.5 Å². The molecular formula is C19H17FN4O2S. The number of nitrogens with one attached hydrogen (secondary N) is 3. The van der Waals surface area contributed by atoms with E-state index in [-0.39, 0.29) is 11.7 Å². The number of hydrogen-bond donors (Lipinski definition) is 3. The molecule has 0 spiro atoms. The summed E-state index contributed by atoms with van der Waals surface area (Å²) in [7, 11) is 0. The molecule has 0 radical (unpaired) electrons. The fraction of sp³-hybridized carbons (Fsp3) is 0.105. The molecule has 3 rings (SSSR count). The Morgan fingerprint density at radius 2 is 1.74 bits per heavy atom. The molecule has 3 N–H and O–H groups in total. The number of anilines is 2. The van der Waals surface area contributed by atoms with E-state index in [1.807, 2.05) is 30.3 Å². The molecule has 0 saturated heterocycles. The first-order chi connectivity index (χ1) is 13.0. The van der Waals surface area contributed by atoms with Crippen LogP contribution in [0.25, 0.3) is 0 Å². The van der Waals surface area contributed by atoms with Gasteiger partial charge < -0.3 is 10.6 Å². The molecule has 0 aliphatic rings. The first-order valence-electron chi connectivity index (χ1n) is 8.14. The molecule has 0 saturated carbocycles. The first-order valence-corrected chi connectivity index (χ1v) is 8.96. The number of aryl methyl sites for hydroxylation is 1. The zero-order valence-electron chi connectivity index (χ0n) is 14.5. The van der Waals surface area contributed by atoms with Gasteiger partial charge in [-0.3, -0.25) is 10.1 Å². The lowest BCUT2D eigenvalue weighted by Crippen LogP contribution is -2.22. The van der Waals surface area contributed by atoms with Crippen LogP contribution in [0.5, 0.6) is 0 Å². The molecule has 1 aromatic heterocycles. The van der Waals surface area contributed by atoms with Crippen LogP contribution in [0, 0.1) is 12.7 Å². The number of benzene rings is 2. The molecule has 0 aliphatic heterocycles. The van der Waals surface area contributed by atoms with Crippen molar-refractivity contribution >= 4 is 34.1 Å². The third-order valence-electron chi connectivity index (χ3n) is 3.62. The number of carbonyl (C=O) groups excluding carboxylic acids is 2. The summed E-state index contributed by atoms with van der Waals surface area (Å²) in [5.74, 6) is -0.636. The van der Waals surface area contributed by atoms with E-state index in [2.05, 4.69) is 20.9 Å². The maximum absolute atomic E-state index is 12.9. The molecule has 0 aliphatic carbocycles. The van der Waals surface area contributed by atoms with Crippen LogP contribution in [0.4, 0.5) is 20.0 Å². The SMILES string of the molecule is Cc1nc(NC(=O)Nc2ccc(F)cc2)sc1C(=O)NCc1ccccc1. The van der Waals surface area contributed by atoms with E-state index in [1.54, 1.807) is 6.92 Å². The lowest BCUT2D eigenvalue weighted by atomic mass is 10.2. The number of carbonyl (C=O) groups is 2. The van der Waals surface area contributed by atoms with Crippen LogP contribution in [-0.4, -0.2) is 16.9 Å². The molecule has 27 heavy (non-hydrogen) atoms. The highest BCUT2D eigenvalue weighted by Gasteiger charge is 2.16. The van der Waals surface area contributed by atoms with Gasteiger partial charge in [-0.2, -0.15) is 0 Å². The third-order valence-corrected chi connectivity index (χ3v) is 4.69. The number of halogens is 1. The molecule has 0 atom stereocenters. The van der Waals surface area contributed by atoms with Crippen molar-refractivity contribution in [3.8, 4) is 0 Å². The van der Waals surface area contributed by atoms with E-state index < -0.39 is 6.03 Å². The summed E-state index contributed by atoms with van der Waals surface area (Å²) in [6.07, 6.45) is 0. The van der Waals surface area contributed by atoms with Crippen molar-refractivity contribution in [2.75, 3.05) is 10.6 Å². The molecule has 0 bridgehead atoms. The number of amides is 3. The van der Waals surface area contributed by atoms with E-state index >= 15 is 0 Å². The van der Waals surface area contributed by atoms with Crippen LogP contribution >= 0.6 is 11.3 Å². The topological polar surface area (TPSA) is 83.1 Å². The molecule has 138 valence electrons. The molecule has 8 heteroatoms. The van der Waals surface area contributed by atoms with Gasteiger partial charge in [-0.25, -0.2) is 14.2 Å². The van der Waals surface area contributed by atoms with Gasteiger partial charge in [0.25, 0.3) is 5.91 Å². The molecular weight excluding hydrogens is 367 g/mol. The van der Waals surface area contributed by atoms with Crippen LogP contribution in [-0.2, 0) is 6.54 Å². The van der Waals surface area contributed by atoms with Crippen molar-refractivity contribution in [1.82, 2.24) is 10.3 Å². The lowest BCUT2D eigenvalue weighted by molar-refractivity contribution is 0.0954. The van der Waals surface area contributed by atoms with Crippen LogP contribution in [0.15, 0.2) is 54.6 Å². The zero-order chi connectivity index (χ0) is 19.2. The molecule has 1 heterocycles. The van der Waals surface area contributed by atoms with Crippen molar-refractivity contribution in [1.29, 1.82) is 0 Å². The second-order valence-corrected chi connectivity index (χ2v) is 6.69. The van der Waals surface area contributed by atoms with Gasteiger partial charge in [0.1, 0.15) is 10.7 Å². The van der Waals surface area contributed by atoms with Crippen molar-refractivity contribution in [3.63, 3.8) is 0 Å². The number of aromatic nitrogens is 1. The smallest absolute Gasteiger partial charge is 0.325 e. The summed E-state index contributed by atoms with van der Waals surface area (Å²) in [4.78, 5) is 29.0. The average Bonchev–Trinajstić information content (AvgIpc) is 3.02. The Hall–Kier alpha value is -3.26. The predicted octanol–water partition coefficient (Wildman–Crippen LogP) is 4.16. The molecule has 3 aromatic rings.